The van der Waals surface area contributed by atoms with Crippen molar-refractivity contribution in [3.05, 3.63) is 35.4 Å². The summed E-state index contributed by atoms with van der Waals surface area (Å²) >= 11 is 0. The summed E-state index contributed by atoms with van der Waals surface area (Å²) in [4.78, 5) is 10.7. The Morgan fingerprint density at radius 1 is 1.58 bits per heavy atom. The van der Waals surface area contributed by atoms with Gasteiger partial charge in [0.15, 0.2) is 0 Å². The molecule has 98 valence electrons. The lowest BCUT2D eigenvalue weighted by Crippen LogP contribution is -2.38. The minimum Gasteiger partial charge on any atom is -0.489 e. The molecule has 0 fully saturated rings. The maximum absolute atomic E-state index is 10.7. The van der Waals surface area contributed by atoms with Crippen molar-refractivity contribution in [1.82, 2.24) is 5.06 Å². The number of ether oxygens (including phenoxy) is 1. The second-order valence-corrected chi connectivity index (χ2v) is 4.09. The molecule has 0 aromatic heterocycles. The Morgan fingerprint density at radius 2 is 2.37 bits per heavy atom. The van der Waals surface area contributed by atoms with Crippen LogP contribution in [0.1, 0.15) is 18.1 Å². The van der Waals surface area contributed by atoms with E-state index in [1.54, 1.807) is 6.92 Å². The van der Waals surface area contributed by atoms with Gasteiger partial charge in [0, 0.05) is 11.1 Å². The molecule has 1 aliphatic heterocycles. The van der Waals surface area contributed by atoms with E-state index >= 15 is 0 Å². The van der Waals surface area contributed by atoms with Gasteiger partial charge in [-0.3, -0.25) is 5.21 Å². The highest BCUT2D eigenvalue weighted by molar-refractivity contribution is 5.71. The largest absolute Gasteiger partial charge is 0.489 e. The second-order valence-electron chi connectivity index (χ2n) is 4.09. The van der Waals surface area contributed by atoms with Gasteiger partial charge in [0.1, 0.15) is 18.4 Å². The fourth-order valence-electron chi connectivity index (χ4n) is 1.64. The molecule has 1 heterocycles. The maximum Gasteiger partial charge on any atom is 0.339 e. The van der Waals surface area contributed by atoms with Gasteiger partial charge in [0.25, 0.3) is 0 Å². The number of nitrogens with two attached hydrogens (primary N) is 1. The van der Waals surface area contributed by atoms with Crippen LogP contribution in [0.25, 0.3) is 6.08 Å². The molecule has 0 saturated carbocycles. The number of benzene rings is 1. The van der Waals surface area contributed by atoms with Crippen LogP contribution in [-0.2, 0) is 0 Å². The SMILES string of the molecule is CC(C#Cc1ccc2c(c1)C=CCO2)N(O)C(N)=O. The Kier molecular flexibility index (Phi) is 3.74. The topological polar surface area (TPSA) is 75.8 Å². The number of carbonyl (C=O) groups excluding carboxylic acids is 1. The summed E-state index contributed by atoms with van der Waals surface area (Å²) in [6, 6.07) is 3.96. The Morgan fingerprint density at radius 3 is 3.11 bits per heavy atom. The summed E-state index contributed by atoms with van der Waals surface area (Å²) in [7, 11) is 0. The first-order valence-corrected chi connectivity index (χ1v) is 5.80. The summed E-state index contributed by atoms with van der Waals surface area (Å²) in [5.74, 6) is 6.45. The van der Waals surface area contributed by atoms with Crippen molar-refractivity contribution in [3.8, 4) is 17.6 Å². The molecule has 1 unspecified atom stereocenters. The molecular formula is C14H14N2O3. The molecule has 2 rings (SSSR count). The standard InChI is InChI=1S/C14H14N2O3/c1-10(16(18)14(15)17)4-5-11-6-7-13-12(9-11)3-2-8-19-13/h2-3,6-7,9-10,18H,8H2,1H3,(H2,15,17). The van der Waals surface area contributed by atoms with Gasteiger partial charge in [-0.15, -0.1) is 0 Å². The Bertz CT molecular complexity index is 584. The van der Waals surface area contributed by atoms with Crippen LogP contribution in [0, 0.1) is 11.8 Å². The number of amides is 2. The smallest absolute Gasteiger partial charge is 0.339 e. The predicted molar refractivity (Wildman–Crippen MR) is 70.5 cm³/mol. The zero-order chi connectivity index (χ0) is 13.8. The highest BCUT2D eigenvalue weighted by atomic mass is 16.5. The third-order valence-electron chi connectivity index (χ3n) is 2.66. The number of hydroxylamine groups is 2. The van der Waals surface area contributed by atoms with Gasteiger partial charge in [-0.25, -0.2) is 4.79 Å². The molecule has 19 heavy (non-hydrogen) atoms. The predicted octanol–water partition coefficient (Wildman–Crippen LogP) is 1.60. The zero-order valence-electron chi connectivity index (χ0n) is 10.5. The number of primary amides is 1. The van der Waals surface area contributed by atoms with Crippen LogP contribution in [-0.4, -0.2) is 29.0 Å². The number of carbonyl (C=O) groups is 1. The van der Waals surface area contributed by atoms with E-state index in [9.17, 15) is 10.0 Å². The van der Waals surface area contributed by atoms with Gasteiger partial charge in [-0.05, 0) is 31.2 Å². The fourth-order valence-corrected chi connectivity index (χ4v) is 1.64. The number of fused-ring (bicyclic) bond motifs is 1. The lowest BCUT2D eigenvalue weighted by molar-refractivity contribution is -0.0536. The van der Waals surface area contributed by atoms with Crippen molar-refractivity contribution in [1.29, 1.82) is 0 Å². The molecule has 0 bridgehead atoms. The first-order chi connectivity index (χ1) is 9.08. The summed E-state index contributed by atoms with van der Waals surface area (Å²) in [5, 5.41) is 9.69. The monoisotopic (exact) mass is 258 g/mol. The third-order valence-corrected chi connectivity index (χ3v) is 2.66. The second kappa shape index (κ2) is 5.46. The molecule has 0 spiro atoms. The van der Waals surface area contributed by atoms with Crippen molar-refractivity contribution in [2.45, 2.75) is 13.0 Å². The molecule has 1 aromatic carbocycles. The van der Waals surface area contributed by atoms with E-state index in [2.05, 4.69) is 11.8 Å². The molecule has 3 N–H and O–H groups in total. The summed E-state index contributed by atoms with van der Waals surface area (Å²) in [5.41, 5.74) is 6.68. The van der Waals surface area contributed by atoms with E-state index in [1.807, 2.05) is 30.4 Å². The van der Waals surface area contributed by atoms with Gasteiger partial charge in [-0.1, -0.05) is 17.9 Å². The number of nitrogens with zero attached hydrogens (tertiary/aromatic N) is 1. The quantitative estimate of drug-likeness (QED) is 0.456. The highest BCUT2D eigenvalue weighted by Crippen LogP contribution is 2.24. The molecule has 5 nitrogen and oxygen atoms in total. The molecule has 0 saturated heterocycles. The zero-order valence-corrected chi connectivity index (χ0v) is 10.5. The molecule has 1 aliphatic rings. The first-order valence-electron chi connectivity index (χ1n) is 5.80. The number of rotatable bonds is 1. The lowest BCUT2D eigenvalue weighted by Gasteiger charge is -2.14. The van der Waals surface area contributed by atoms with Crippen molar-refractivity contribution in [3.63, 3.8) is 0 Å². The van der Waals surface area contributed by atoms with Gasteiger partial charge in [0.05, 0.1) is 0 Å². The normalized spacial score (nSPS) is 13.6. The number of hydrogen-bond donors (Lipinski definition) is 2. The van der Waals surface area contributed by atoms with E-state index in [4.69, 9.17) is 10.5 Å². The molecular weight excluding hydrogens is 244 g/mol. The van der Waals surface area contributed by atoms with E-state index in [0.717, 1.165) is 16.9 Å². The molecule has 0 radical (unpaired) electrons. The lowest BCUT2D eigenvalue weighted by atomic mass is 10.1. The maximum atomic E-state index is 10.7. The highest BCUT2D eigenvalue weighted by Gasteiger charge is 2.11. The van der Waals surface area contributed by atoms with Crippen molar-refractivity contribution in [2.75, 3.05) is 6.61 Å². The Hall–Kier alpha value is -2.45. The summed E-state index contributed by atoms with van der Waals surface area (Å²) in [6.07, 6.45) is 3.89. The fraction of sp³-hybridized carbons (Fsp3) is 0.214. The van der Waals surface area contributed by atoms with Crippen LogP contribution in [0.4, 0.5) is 4.79 Å². The molecule has 0 aliphatic carbocycles. The summed E-state index contributed by atoms with van der Waals surface area (Å²) < 4.78 is 5.43. The van der Waals surface area contributed by atoms with Gasteiger partial charge < -0.3 is 10.5 Å². The van der Waals surface area contributed by atoms with Gasteiger partial charge >= 0.3 is 6.03 Å². The molecule has 5 heteroatoms. The molecule has 1 atom stereocenters. The Labute approximate surface area is 111 Å². The van der Waals surface area contributed by atoms with Crippen LogP contribution in [0.2, 0.25) is 0 Å². The van der Waals surface area contributed by atoms with Gasteiger partial charge in [0.2, 0.25) is 0 Å². The van der Waals surface area contributed by atoms with E-state index in [-0.39, 0.29) is 0 Å². The minimum absolute atomic E-state index is 0.397. The average Bonchev–Trinajstić information content (AvgIpc) is 2.43. The van der Waals surface area contributed by atoms with Crippen LogP contribution in [0.5, 0.6) is 5.75 Å². The minimum atomic E-state index is -0.927. The summed E-state index contributed by atoms with van der Waals surface area (Å²) in [6.45, 7) is 2.16. The average molecular weight is 258 g/mol. The van der Waals surface area contributed by atoms with E-state index in [1.165, 1.54) is 0 Å². The molecule has 1 aromatic rings. The van der Waals surface area contributed by atoms with Crippen LogP contribution in [0.3, 0.4) is 0 Å². The van der Waals surface area contributed by atoms with Crippen LogP contribution < -0.4 is 10.5 Å². The number of urea groups is 1. The van der Waals surface area contributed by atoms with E-state index in [0.29, 0.717) is 11.7 Å². The first kappa shape index (κ1) is 13.0. The van der Waals surface area contributed by atoms with Gasteiger partial charge in [-0.2, -0.15) is 5.06 Å². The van der Waals surface area contributed by atoms with Crippen LogP contribution >= 0.6 is 0 Å². The van der Waals surface area contributed by atoms with Crippen LogP contribution in [0.15, 0.2) is 24.3 Å². The van der Waals surface area contributed by atoms with Crippen molar-refractivity contribution in [2.24, 2.45) is 5.73 Å². The third kappa shape index (κ3) is 3.06. The number of hydrogen-bond acceptors (Lipinski definition) is 3. The van der Waals surface area contributed by atoms with Crippen molar-refractivity contribution >= 4 is 12.1 Å². The van der Waals surface area contributed by atoms with E-state index < -0.39 is 12.1 Å². The van der Waals surface area contributed by atoms with Crippen molar-refractivity contribution < 1.29 is 14.7 Å². The Balaban J connectivity index is 2.17. The molecule has 2 amide bonds.